The summed E-state index contributed by atoms with van der Waals surface area (Å²) in [6, 6.07) is 24.2. The van der Waals surface area contributed by atoms with E-state index in [1.807, 2.05) is 83.8 Å². The van der Waals surface area contributed by atoms with E-state index >= 15 is 0 Å². The Labute approximate surface area is 317 Å². The molecule has 53 heavy (non-hydrogen) atoms. The predicted octanol–water partition coefficient (Wildman–Crippen LogP) is 9.38. The Kier molecular flexibility index (Phi) is 9.50. The summed E-state index contributed by atoms with van der Waals surface area (Å²) in [5.74, 6) is -0.580. The Morgan fingerprint density at radius 2 is 1.47 bits per heavy atom. The molecule has 0 amide bonds. The number of anilines is 1. The lowest BCUT2D eigenvalue weighted by atomic mass is 9.79. The van der Waals surface area contributed by atoms with Gasteiger partial charge < -0.3 is 4.90 Å². The zero-order valence-corrected chi connectivity index (χ0v) is 32.9. The SMILES string of the molecule is CCS(=O)(=O)O[N+]1=C(C=CC2=C(Cl)C(=CC=C3N(CCS(=O)(=O)O)c4ccc5ccccc5c4C3(C)C)CCC2)C(C)(C)c2c1ccc1ccccc21. The fourth-order valence-electron chi connectivity index (χ4n) is 8.17. The quantitative estimate of drug-likeness (QED) is 0.134. The smallest absolute Gasteiger partial charge is 0.343 e. The Bertz CT molecular complexity index is 2560. The highest BCUT2D eigenvalue weighted by Gasteiger charge is 2.49. The molecule has 1 aliphatic carbocycles. The highest BCUT2D eigenvalue weighted by molar-refractivity contribution is 7.86. The van der Waals surface area contributed by atoms with E-state index in [9.17, 15) is 21.4 Å². The maximum Gasteiger partial charge on any atom is 0.367 e. The van der Waals surface area contributed by atoms with E-state index in [2.05, 4.69) is 45.9 Å². The molecule has 0 bridgehead atoms. The minimum Gasteiger partial charge on any atom is -0.343 e. The minimum atomic E-state index is -4.20. The fourth-order valence-corrected chi connectivity index (χ4v) is 9.39. The van der Waals surface area contributed by atoms with Crippen LogP contribution in [0.4, 0.5) is 11.4 Å². The van der Waals surface area contributed by atoms with E-state index in [1.165, 1.54) is 4.74 Å². The molecule has 11 heteroatoms. The number of rotatable bonds is 9. The summed E-state index contributed by atoms with van der Waals surface area (Å²) < 4.78 is 66.5. The van der Waals surface area contributed by atoms with Gasteiger partial charge in [0.15, 0.2) is 0 Å². The molecule has 0 saturated heterocycles. The van der Waals surface area contributed by atoms with Crippen LogP contribution < -0.4 is 4.90 Å². The van der Waals surface area contributed by atoms with Crippen molar-refractivity contribution >= 4 is 70.5 Å². The third-order valence-corrected chi connectivity index (χ3v) is 13.1. The van der Waals surface area contributed by atoms with Crippen molar-refractivity contribution < 1.29 is 30.4 Å². The van der Waals surface area contributed by atoms with Crippen molar-refractivity contribution in [2.75, 3.05) is 23.0 Å². The molecule has 1 N–H and O–H groups in total. The molecule has 276 valence electrons. The molecule has 2 aliphatic heterocycles. The van der Waals surface area contributed by atoms with Crippen molar-refractivity contribution in [2.24, 2.45) is 0 Å². The average molecular weight is 772 g/mol. The van der Waals surface area contributed by atoms with Crippen LogP contribution in [0, 0.1) is 0 Å². The predicted molar refractivity (Wildman–Crippen MR) is 215 cm³/mol. The summed E-state index contributed by atoms with van der Waals surface area (Å²) in [7, 11) is -8.06. The van der Waals surface area contributed by atoms with Gasteiger partial charge in [0.05, 0.1) is 22.5 Å². The first-order valence-corrected chi connectivity index (χ1v) is 21.5. The van der Waals surface area contributed by atoms with Gasteiger partial charge in [0.1, 0.15) is 0 Å². The van der Waals surface area contributed by atoms with Crippen LogP contribution in [0.15, 0.2) is 119 Å². The number of nitrogens with zero attached hydrogens (tertiary/aromatic N) is 2. The number of halogens is 1. The third-order valence-electron chi connectivity index (χ3n) is 10.8. The molecular weight excluding hydrogens is 728 g/mol. The summed E-state index contributed by atoms with van der Waals surface area (Å²) in [6.45, 7) is 10.1. The maximum atomic E-state index is 12.9. The van der Waals surface area contributed by atoms with Crippen molar-refractivity contribution in [1.82, 2.24) is 0 Å². The molecule has 4 aromatic rings. The first kappa shape index (κ1) is 37.1. The molecule has 2 heterocycles. The van der Waals surface area contributed by atoms with Gasteiger partial charge in [-0.05, 0) is 96.5 Å². The summed E-state index contributed by atoms with van der Waals surface area (Å²) in [6.07, 6.45) is 10.3. The largest absolute Gasteiger partial charge is 0.367 e. The van der Waals surface area contributed by atoms with Crippen molar-refractivity contribution in [1.29, 1.82) is 0 Å². The van der Waals surface area contributed by atoms with Crippen LogP contribution >= 0.6 is 11.6 Å². The van der Waals surface area contributed by atoms with Gasteiger partial charge in [-0.15, -0.1) is 4.28 Å². The minimum absolute atomic E-state index is 0.0958. The zero-order chi connectivity index (χ0) is 37.9. The lowest BCUT2D eigenvalue weighted by Gasteiger charge is -2.27. The van der Waals surface area contributed by atoms with E-state index in [-0.39, 0.29) is 12.3 Å². The lowest BCUT2D eigenvalue weighted by molar-refractivity contribution is -0.678. The van der Waals surface area contributed by atoms with E-state index < -0.39 is 36.8 Å². The van der Waals surface area contributed by atoms with Gasteiger partial charge in [0, 0.05) is 45.3 Å². The van der Waals surface area contributed by atoms with Crippen LogP contribution in [-0.2, 0) is 35.4 Å². The molecule has 8 nitrogen and oxygen atoms in total. The van der Waals surface area contributed by atoms with Crippen LogP contribution in [0.3, 0.4) is 0 Å². The Hall–Kier alpha value is -4.22. The molecule has 0 radical (unpaired) electrons. The first-order valence-electron chi connectivity index (χ1n) is 17.9. The standard InChI is InChI=1S/C42H43ClN2O6S2/c1-6-53(49,50)51-45-35-23-19-29-13-8-10-17-33(29)39(35)42(4,5)37(45)25-21-31-15-11-14-30(40(31)43)20-24-36-41(2,3)38-32-16-9-7-12-28(32)18-22-34(38)44(36)26-27-52(46,47)48/h7-10,12-13,16-25H,6,11,14-15,26-27H2,1-5H3/p+1. The highest BCUT2D eigenvalue weighted by atomic mass is 35.5. The van der Waals surface area contributed by atoms with Gasteiger partial charge in [0.2, 0.25) is 5.71 Å². The van der Waals surface area contributed by atoms with Gasteiger partial charge in [-0.25, -0.2) is 0 Å². The number of hydrogen-bond acceptors (Lipinski definition) is 6. The van der Waals surface area contributed by atoms with Crippen molar-refractivity contribution in [2.45, 2.75) is 64.7 Å². The molecule has 4 aromatic carbocycles. The molecule has 0 fully saturated rings. The second-order valence-electron chi connectivity index (χ2n) is 14.9. The van der Waals surface area contributed by atoms with Crippen LogP contribution in [0.25, 0.3) is 21.5 Å². The third kappa shape index (κ3) is 6.75. The molecule has 3 aliphatic rings. The fraction of sp³-hybridized carbons (Fsp3) is 0.310. The van der Waals surface area contributed by atoms with Crippen LogP contribution in [0.1, 0.15) is 65.0 Å². The molecule has 0 aromatic heterocycles. The van der Waals surface area contributed by atoms with E-state index in [1.54, 1.807) is 6.92 Å². The molecule has 0 atom stereocenters. The van der Waals surface area contributed by atoms with Gasteiger partial charge in [-0.2, -0.15) is 16.8 Å². The summed E-state index contributed by atoms with van der Waals surface area (Å²) in [5.41, 5.74) is 6.08. The number of fused-ring (bicyclic) bond motifs is 6. The topological polar surface area (TPSA) is 104 Å². The van der Waals surface area contributed by atoms with Crippen LogP contribution in [-0.4, -0.2) is 49.9 Å². The van der Waals surface area contributed by atoms with E-state index in [0.29, 0.717) is 16.4 Å². The number of benzene rings is 4. The van der Waals surface area contributed by atoms with Gasteiger partial charge in [-0.3, -0.25) is 4.55 Å². The number of allylic oxidation sites excluding steroid dienone is 8. The lowest BCUT2D eigenvalue weighted by Crippen LogP contribution is -2.30. The molecular formula is C42H44ClN2O6S2+. The normalized spacial score (nSPS) is 20.0. The van der Waals surface area contributed by atoms with Gasteiger partial charge >= 0.3 is 10.1 Å². The summed E-state index contributed by atoms with van der Waals surface area (Å²) >= 11 is 7.17. The summed E-state index contributed by atoms with van der Waals surface area (Å²) in [4.78, 5) is 1.99. The van der Waals surface area contributed by atoms with E-state index in [0.717, 1.165) is 74.5 Å². The Morgan fingerprint density at radius 1 is 0.830 bits per heavy atom. The monoisotopic (exact) mass is 771 g/mol. The Balaban J connectivity index is 1.29. The van der Waals surface area contributed by atoms with Gasteiger partial charge in [-0.1, -0.05) is 92.2 Å². The first-order chi connectivity index (χ1) is 25.0. The molecule has 0 spiro atoms. The highest BCUT2D eigenvalue weighted by Crippen LogP contribution is 2.51. The average Bonchev–Trinajstić information content (AvgIpc) is 3.47. The maximum absolute atomic E-state index is 12.9. The van der Waals surface area contributed by atoms with Crippen LogP contribution in [0.5, 0.6) is 0 Å². The van der Waals surface area contributed by atoms with Crippen LogP contribution in [0.2, 0.25) is 0 Å². The molecule has 7 rings (SSSR count). The summed E-state index contributed by atoms with van der Waals surface area (Å²) in [5, 5.41) is 4.91. The van der Waals surface area contributed by atoms with Gasteiger partial charge in [0.25, 0.3) is 15.8 Å². The molecule has 0 saturated carbocycles. The number of hydrogen-bond donors (Lipinski definition) is 1. The zero-order valence-electron chi connectivity index (χ0n) is 30.6. The second kappa shape index (κ2) is 13.6. The molecule has 0 unspecified atom stereocenters. The van der Waals surface area contributed by atoms with Crippen molar-refractivity contribution in [3.8, 4) is 0 Å². The van der Waals surface area contributed by atoms with Crippen molar-refractivity contribution in [3.63, 3.8) is 0 Å². The Morgan fingerprint density at radius 3 is 2.13 bits per heavy atom. The van der Waals surface area contributed by atoms with E-state index in [4.69, 9.17) is 15.9 Å². The second-order valence-corrected chi connectivity index (χ2v) is 18.7. The van der Waals surface area contributed by atoms with Crippen molar-refractivity contribution in [3.05, 3.63) is 130 Å².